The minimum Gasteiger partial charge on any atom is -0.481 e. The Balaban J connectivity index is 1.45. The van der Waals surface area contributed by atoms with E-state index in [1.54, 1.807) is 58.2 Å². The van der Waals surface area contributed by atoms with Crippen LogP contribution in [0, 0.1) is 0 Å². The minimum atomic E-state index is -2.28. The molecule has 24 nitrogen and oxygen atoms in total. The largest absolute Gasteiger partial charge is 0.481 e. The highest BCUT2D eigenvalue weighted by Gasteiger charge is 2.63. The molecule has 1 atom stereocenters. The zero-order chi connectivity index (χ0) is 48.4. The van der Waals surface area contributed by atoms with E-state index in [1.165, 1.54) is 0 Å². The molecule has 0 fully saturated rings. The van der Waals surface area contributed by atoms with Crippen molar-refractivity contribution in [1.82, 2.24) is 19.8 Å². The third kappa shape index (κ3) is 13.2. The number of carbonyl (C=O) groups is 8. The van der Waals surface area contributed by atoms with Crippen LogP contribution in [0.5, 0.6) is 0 Å². The predicted octanol–water partition coefficient (Wildman–Crippen LogP) is 0.403. The highest BCUT2D eigenvalue weighted by Crippen LogP contribution is 2.42. The van der Waals surface area contributed by atoms with E-state index in [0.29, 0.717) is 47.9 Å². The standard InChI is InChI=1S/C41H52N8O16S/c50-29(42-40(12-5-33(52)53,13-6-34(54)55)14-7-35(56)57)23-45-18-20-47-31(45)25-49(22-11-27-1-3-28(4-2-27)44-66(64)65)26-32-46(19-21-48(32)39(47)49)24-30(51)43-41(15-8-36(58)59,16-9-37(60)61)17-10-38(62)63/h1-4,18-21,39,44H,5-17,22-26H2,(H6-3,42,43,50,51,52,53,54,55,56,57,58,59,60,61,62,63,64,65)/p+3. The molecule has 2 aliphatic rings. The number of aliphatic carboxylic acids is 6. The summed E-state index contributed by atoms with van der Waals surface area (Å²) in [6.07, 6.45) is 3.09. The maximum atomic E-state index is 13.9. The average molecular weight is 948 g/mol. The molecule has 0 saturated heterocycles. The van der Waals surface area contributed by atoms with Gasteiger partial charge in [-0.15, -0.1) is 9.13 Å². The van der Waals surface area contributed by atoms with Gasteiger partial charge >= 0.3 is 53.8 Å². The first-order valence-corrected chi connectivity index (χ1v) is 22.2. The molecule has 3 aromatic rings. The van der Waals surface area contributed by atoms with Crippen LogP contribution in [0.4, 0.5) is 5.69 Å². The van der Waals surface area contributed by atoms with Crippen LogP contribution in [0.1, 0.15) is 101 Å². The number of hydrogen-bond donors (Lipinski definition) is 10. The van der Waals surface area contributed by atoms with E-state index in [9.17, 15) is 77.8 Å². The number of aromatic nitrogens is 4. The van der Waals surface area contributed by atoms with Crippen molar-refractivity contribution in [2.75, 3.05) is 11.3 Å². The Morgan fingerprint density at radius 1 is 0.606 bits per heavy atom. The maximum absolute atomic E-state index is 13.9. The van der Waals surface area contributed by atoms with Crippen LogP contribution in [-0.4, -0.2) is 118 Å². The summed E-state index contributed by atoms with van der Waals surface area (Å²) in [5.41, 5.74) is -1.57. The highest BCUT2D eigenvalue weighted by molar-refractivity contribution is 7.80. The molecule has 1 unspecified atom stereocenters. The third-order valence-electron chi connectivity index (χ3n) is 12.3. The maximum Gasteiger partial charge on any atom is 0.380 e. The summed E-state index contributed by atoms with van der Waals surface area (Å²) in [6, 6.07) is 6.93. The van der Waals surface area contributed by atoms with Crippen molar-refractivity contribution < 1.29 is 91.4 Å². The van der Waals surface area contributed by atoms with Gasteiger partial charge in [-0.25, -0.2) is 17.8 Å². The number of anilines is 1. The summed E-state index contributed by atoms with van der Waals surface area (Å²) >= 11 is -2.28. The van der Waals surface area contributed by atoms with Gasteiger partial charge in [0.25, 0.3) is 23.1 Å². The molecule has 10 N–H and O–H groups in total. The molecular weight excluding hydrogens is 893 g/mol. The monoisotopic (exact) mass is 947 g/mol. The van der Waals surface area contributed by atoms with Gasteiger partial charge in [0.05, 0.1) is 6.54 Å². The summed E-state index contributed by atoms with van der Waals surface area (Å²) in [6.45, 7) is 0.615. The molecule has 1 aromatic carbocycles. The number of carbonyl (C=O) groups excluding carboxylic acids is 2. The van der Waals surface area contributed by atoms with Crippen molar-refractivity contribution >= 4 is 64.6 Å². The molecule has 2 amide bonds. The SMILES string of the molecule is O=C(O)CCC(CCC(=O)O)(CCC(=O)O)NC(=O)C[n+]1ccn2c1C[N+]1(CCc3ccc(NS(=O)O)cc3)Cc3n(cc[n+]3CC(=O)NC(CCC(=O)O)(CCC(=O)O)CCC(=O)O)C21. The van der Waals surface area contributed by atoms with Gasteiger partial charge in [0.2, 0.25) is 0 Å². The fraction of sp³-hybridized carbons (Fsp3) is 0.512. The second kappa shape index (κ2) is 21.5. The quantitative estimate of drug-likeness (QED) is 0.0256. The van der Waals surface area contributed by atoms with Crippen LogP contribution in [0.25, 0.3) is 0 Å². The van der Waals surface area contributed by atoms with Crippen molar-refractivity contribution in [1.29, 1.82) is 0 Å². The second-order valence-electron chi connectivity index (χ2n) is 16.9. The van der Waals surface area contributed by atoms with Crippen LogP contribution < -0.4 is 24.5 Å². The Morgan fingerprint density at radius 3 is 1.27 bits per heavy atom. The van der Waals surface area contributed by atoms with E-state index < -0.39 is 115 Å². The summed E-state index contributed by atoms with van der Waals surface area (Å²) < 4.78 is 30.7. The lowest BCUT2D eigenvalue weighted by atomic mass is 9.83. The Kier molecular flexibility index (Phi) is 16.4. The molecule has 66 heavy (non-hydrogen) atoms. The van der Waals surface area contributed by atoms with Crippen LogP contribution in [0.3, 0.4) is 0 Å². The van der Waals surface area contributed by atoms with Gasteiger partial charge in [0, 0.05) is 61.7 Å². The smallest absolute Gasteiger partial charge is 0.380 e. The number of imidazole rings is 2. The number of quaternary nitrogens is 1. The number of nitrogens with one attached hydrogen (secondary N) is 3. The first-order chi connectivity index (χ1) is 31.1. The molecule has 4 heterocycles. The minimum absolute atomic E-state index is 0.202. The number of carboxylic acids is 6. The Hall–Kier alpha value is -6.73. The molecular formula is C41H55N8O16S+3. The molecule has 5 rings (SSSR count). The lowest BCUT2D eigenvalue weighted by Crippen LogP contribution is -2.55. The number of nitrogens with zero attached hydrogens (tertiary/aromatic N) is 5. The van der Waals surface area contributed by atoms with E-state index in [1.807, 2.05) is 9.13 Å². The fourth-order valence-corrected chi connectivity index (χ4v) is 9.43. The van der Waals surface area contributed by atoms with Crippen molar-refractivity contribution in [2.24, 2.45) is 0 Å². The molecule has 0 radical (unpaired) electrons. The number of carboxylic acid groups (broad SMARTS) is 6. The molecule has 0 spiro atoms. The zero-order valence-corrected chi connectivity index (χ0v) is 36.7. The number of benzene rings is 1. The van der Waals surface area contributed by atoms with Crippen LogP contribution >= 0.6 is 0 Å². The first kappa shape index (κ1) is 50.3. The number of hydrogen-bond acceptors (Lipinski definition) is 9. The van der Waals surface area contributed by atoms with E-state index in [0.717, 1.165) is 5.56 Å². The molecule has 2 aliphatic heterocycles. The molecule has 0 bridgehead atoms. The predicted molar refractivity (Wildman–Crippen MR) is 224 cm³/mol. The van der Waals surface area contributed by atoms with E-state index >= 15 is 0 Å². The van der Waals surface area contributed by atoms with E-state index in [4.69, 9.17) is 0 Å². The third-order valence-corrected chi connectivity index (χ3v) is 12.7. The highest BCUT2D eigenvalue weighted by atomic mass is 32.2. The van der Waals surface area contributed by atoms with E-state index in [-0.39, 0.29) is 51.6 Å². The van der Waals surface area contributed by atoms with Gasteiger partial charge in [0.15, 0.2) is 26.2 Å². The van der Waals surface area contributed by atoms with Crippen LogP contribution in [-0.2, 0) is 82.2 Å². The molecule has 0 saturated carbocycles. The van der Waals surface area contributed by atoms with Gasteiger partial charge in [-0.05, 0) is 56.2 Å². The van der Waals surface area contributed by atoms with E-state index in [2.05, 4.69) is 15.4 Å². The number of amides is 2. The van der Waals surface area contributed by atoms with Crippen LogP contribution in [0.2, 0.25) is 0 Å². The lowest BCUT2D eigenvalue weighted by Gasteiger charge is -2.34. The molecule has 2 aromatic heterocycles. The normalized spacial score (nSPS) is 16.7. The van der Waals surface area contributed by atoms with Gasteiger partial charge in [-0.1, -0.05) is 12.1 Å². The summed E-state index contributed by atoms with van der Waals surface area (Å²) in [4.78, 5) is 97.3. The average Bonchev–Trinajstić information content (AvgIpc) is 3.96. The topological polar surface area (TPSA) is 349 Å². The van der Waals surface area contributed by atoms with Crippen molar-refractivity contribution in [2.45, 2.75) is 127 Å². The Morgan fingerprint density at radius 2 is 0.955 bits per heavy atom. The number of rotatable bonds is 29. The lowest BCUT2D eigenvalue weighted by molar-refractivity contribution is -0.981. The zero-order valence-electron chi connectivity index (χ0n) is 35.9. The van der Waals surface area contributed by atoms with Gasteiger partial charge in [-0.2, -0.15) is 0 Å². The van der Waals surface area contributed by atoms with Gasteiger partial charge in [-0.3, -0.25) is 47.6 Å². The molecule has 358 valence electrons. The van der Waals surface area contributed by atoms with Gasteiger partial charge < -0.3 is 41.3 Å². The van der Waals surface area contributed by atoms with Crippen molar-refractivity contribution in [3.63, 3.8) is 0 Å². The van der Waals surface area contributed by atoms with Crippen molar-refractivity contribution in [3.8, 4) is 0 Å². The van der Waals surface area contributed by atoms with Gasteiger partial charge in [0.1, 0.15) is 24.8 Å². The fourth-order valence-electron chi connectivity index (χ4n) is 9.09. The molecule has 0 aliphatic carbocycles. The Bertz CT molecular complexity index is 2150. The van der Waals surface area contributed by atoms with Crippen molar-refractivity contribution in [3.05, 3.63) is 66.3 Å². The molecule has 25 heteroatoms. The first-order valence-electron chi connectivity index (χ1n) is 21.1. The summed E-state index contributed by atoms with van der Waals surface area (Å²) in [5, 5.41) is 62.3. The second-order valence-corrected chi connectivity index (χ2v) is 17.6. The summed E-state index contributed by atoms with van der Waals surface area (Å²) in [7, 11) is 0. The van der Waals surface area contributed by atoms with Crippen LogP contribution in [0.15, 0.2) is 49.1 Å². The number of fused-ring (bicyclic) bond motifs is 5. The summed E-state index contributed by atoms with van der Waals surface area (Å²) in [5.74, 6) is -7.01. The Labute approximate surface area is 379 Å².